The van der Waals surface area contributed by atoms with Gasteiger partial charge in [0, 0.05) is 17.3 Å². The van der Waals surface area contributed by atoms with Gasteiger partial charge in [0.05, 0.1) is 12.5 Å². The molecule has 0 bridgehead atoms. The lowest BCUT2D eigenvalue weighted by Gasteiger charge is -2.19. The summed E-state index contributed by atoms with van der Waals surface area (Å²) in [4.78, 5) is 25.3. The highest BCUT2D eigenvalue weighted by atomic mass is 16.7. The molecule has 1 aliphatic heterocycles. The lowest BCUT2D eigenvalue weighted by atomic mass is 10.0. The van der Waals surface area contributed by atoms with Gasteiger partial charge in [-0.05, 0) is 29.8 Å². The Morgan fingerprint density at radius 1 is 0.862 bits per heavy atom. The van der Waals surface area contributed by atoms with E-state index in [1.165, 1.54) is 0 Å². The first-order valence-corrected chi connectivity index (χ1v) is 9.29. The van der Waals surface area contributed by atoms with Crippen LogP contribution in [0.15, 0.2) is 78.9 Å². The van der Waals surface area contributed by atoms with Gasteiger partial charge in [0.15, 0.2) is 11.5 Å². The predicted octanol–water partition coefficient (Wildman–Crippen LogP) is 3.92. The van der Waals surface area contributed by atoms with Crippen molar-refractivity contribution in [3.05, 3.63) is 90.0 Å². The Hall–Kier alpha value is -3.80. The van der Waals surface area contributed by atoms with Crippen molar-refractivity contribution < 1.29 is 19.1 Å². The number of fused-ring (bicyclic) bond motifs is 1. The van der Waals surface area contributed by atoms with Crippen LogP contribution >= 0.6 is 0 Å². The summed E-state index contributed by atoms with van der Waals surface area (Å²) in [5.74, 6) is 0.807. The van der Waals surface area contributed by atoms with E-state index < -0.39 is 6.04 Å². The molecule has 1 heterocycles. The lowest BCUT2D eigenvalue weighted by molar-refractivity contribution is -0.116. The molecule has 0 aromatic heterocycles. The number of benzene rings is 3. The summed E-state index contributed by atoms with van der Waals surface area (Å²) in [5, 5.41) is 5.82. The monoisotopic (exact) mass is 388 g/mol. The van der Waals surface area contributed by atoms with Gasteiger partial charge < -0.3 is 20.1 Å². The topological polar surface area (TPSA) is 76.7 Å². The molecule has 1 aliphatic rings. The van der Waals surface area contributed by atoms with E-state index in [1.807, 2.05) is 36.4 Å². The SMILES string of the molecule is O=C(CC(NC(=O)c1ccccc1)c1ccccc1)Nc1ccc2c(c1)OCO2. The molecule has 3 aromatic carbocycles. The average molecular weight is 388 g/mol. The van der Waals surface area contributed by atoms with Gasteiger partial charge in [-0.25, -0.2) is 0 Å². The van der Waals surface area contributed by atoms with Crippen LogP contribution in [0.1, 0.15) is 28.4 Å². The second-order valence-electron chi connectivity index (χ2n) is 6.62. The van der Waals surface area contributed by atoms with Crippen LogP contribution in [-0.2, 0) is 4.79 Å². The standard InChI is InChI=1S/C23H20N2O4/c26-22(24-18-11-12-20-21(13-18)29-15-28-20)14-19(16-7-3-1-4-8-16)25-23(27)17-9-5-2-6-10-17/h1-13,19H,14-15H2,(H,24,26)(H,25,27). The van der Waals surface area contributed by atoms with E-state index in [2.05, 4.69) is 10.6 Å². The summed E-state index contributed by atoms with van der Waals surface area (Å²) in [5.41, 5.74) is 2.02. The number of carbonyl (C=O) groups is 2. The fraction of sp³-hybridized carbons (Fsp3) is 0.130. The molecule has 4 rings (SSSR count). The van der Waals surface area contributed by atoms with Gasteiger partial charge >= 0.3 is 0 Å². The molecule has 2 N–H and O–H groups in total. The molecule has 2 amide bonds. The fourth-order valence-corrected chi connectivity index (χ4v) is 3.14. The third-order valence-electron chi connectivity index (χ3n) is 4.59. The zero-order chi connectivity index (χ0) is 20.1. The molecule has 1 unspecified atom stereocenters. The molecular weight excluding hydrogens is 368 g/mol. The number of hydrogen-bond donors (Lipinski definition) is 2. The predicted molar refractivity (Wildman–Crippen MR) is 109 cm³/mol. The van der Waals surface area contributed by atoms with Gasteiger partial charge in [-0.1, -0.05) is 48.5 Å². The number of ether oxygens (including phenoxy) is 2. The van der Waals surface area contributed by atoms with E-state index in [4.69, 9.17) is 9.47 Å². The van der Waals surface area contributed by atoms with Crippen LogP contribution in [0.25, 0.3) is 0 Å². The maximum absolute atomic E-state index is 12.7. The minimum Gasteiger partial charge on any atom is -0.454 e. The van der Waals surface area contributed by atoms with Crippen LogP contribution in [0.4, 0.5) is 5.69 Å². The van der Waals surface area contributed by atoms with E-state index in [0.717, 1.165) is 5.56 Å². The Bertz CT molecular complexity index is 1010. The summed E-state index contributed by atoms with van der Waals surface area (Å²) >= 11 is 0. The van der Waals surface area contributed by atoms with Crippen LogP contribution < -0.4 is 20.1 Å². The Morgan fingerprint density at radius 2 is 1.55 bits per heavy atom. The molecule has 1 atom stereocenters. The summed E-state index contributed by atoms with van der Waals surface area (Å²) < 4.78 is 10.6. The zero-order valence-corrected chi connectivity index (χ0v) is 15.6. The highest BCUT2D eigenvalue weighted by Crippen LogP contribution is 2.34. The Morgan fingerprint density at radius 3 is 2.31 bits per heavy atom. The molecule has 6 heteroatoms. The van der Waals surface area contributed by atoms with Crippen molar-refractivity contribution in [2.75, 3.05) is 12.1 Å². The fourth-order valence-electron chi connectivity index (χ4n) is 3.14. The molecule has 0 saturated heterocycles. The molecule has 6 nitrogen and oxygen atoms in total. The van der Waals surface area contributed by atoms with Crippen LogP contribution in [0.3, 0.4) is 0 Å². The third-order valence-corrected chi connectivity index (χ3v) is 4.59. The van der Waals surface area contributed by atoms with Gasteiger partial charge in [0.25, 0.3) is 5.91 Å². The van der Waals surface area contributed by atoms with Crippen LogP contribution in [0.5, 0.6) is 11.5 Å². The van der Waals surface area contributed by atoms with Gasteiger partial charge in [-0.2, -0.15) is 0 Å². The second kappa shape index (κ2) is 8.48. The molecule has 3 aromatic rings. The van der Waals surface area contributed by atoms with E-state index in [-0.39, 0.29) is 25.0 Å². The van der Waals surface area contributed by atoms with Crippen LogP contribution in [-0.4, -0.2) is 18.6 Å². The van der Waals surface area contributed by atoms with E-state index in [9.17, 15) is 9.59 Å². The highest BCUT2D eigenvalue weighted by Gasteiger charge is 2.20. The maximum atomic E-state index is 12.7. The quantitative estimate of drug-likeness (QED) is 0.671. The highest BCUT2D eigenvalue weighted by molar-refractivity contribution is 5.96. The molecule has 146 valence electrons. The first kappa shape index (κ1) is 18.6. The molecule has 0 fully saturated rings. The van der Waals surface area contributed by atoms with Crippen molar-refractivity contribution in [2.45, 2.75) is 12.5 Å². The number of anilines is 1. The smallest absolute Gasteiger partial charge is 0.251 e. The summed E-state index contributed by atoms with van der Waals surface area (Å²) in [6.07, 6.45) is 0.0943. The maximum Gasteiger partial charge on any atom is 0.251 e. The molecule has 29 heavy (non-hydrogen) atoms. The summed E-state index contributed by atoms with van der Waals surface area (Å²) in [7, 11) is 0. The number of hydrogen-bond acceptors (Lipinski definition) is 4. The first-order valence-electron chi connectivity index (χ1n) is 9.29. The summed E-state index contributed by atoms with van der Waals surface area (Å²) in [6, 6.07) is 23.2. The van der Waals surface area contributed by atoms with Crippen molar-refractivity contribution in [2.24, 2.45) is 0 Å². The molecule has 0 saturated carbocycles. The van der Waals surface area contributed by atoms with Crippen molar-refractivity contribution in [3.8, 4) is 11.5 Å². The normalized spacial score (nSPS) is 12.8. The molecule has 0 spiro atoms. The van der Waals surface area contributed by atoms with Crippen LogP contribution in [0, 0.1) is 0 Å². The zero-order valence-electron chi connectivity index (χ0n) is 15.6. The van der Waals surface area contributed by atoms with Crippen molar-refractivity contribution in [1.29, 1.82) is 0 Å². The van der Waals surface area contributed by atoms with Gasteiger partial charge in [0.2, 0.25) is 12.7 Å². The summed E-state index contributed by atoms with van der Waals surface area (Å²) in [6.45, 7) is 0.175. The Balaban J connectivity index is 1.47. The minimum atomic E-state index is -0.460. The van der Waals surface area contributed by atoms with Crippen molar-refractivity contribution in [3.63, 3.8) is 0 Å². The van der Waals surface area contributed by atoms with Crippen molar-refractivity contribution in [1.82, 2.24) is 5.32 Å². The van der Waals surface area contributed by atoms with Crippen LogP contribution in [0.2, 0.25) is 0 Å². The number of nitrogens with one attached hydrogen (secondary N) is 2. The lowest BCUT2D eigenvalue weighted by Crippen LogP contribution is -2.31. The Kier molecular flexibility index (Phi) is 5.42. The first-order chi connectivity index (χ1) is 14.2. The largest absolute Gasteiger partial charge is 0.454 e. The molecule has 0 radical (unpaired) electrons. The number of carbonyl (C=O) groups excluding carboxylic acids is 2. The Labute approximate surface area is 168 Å². The second-order valence-corrected chi connectivity index (χ2v) is 6.62. The van der Waals surface area contributed by atoms with E-state index in [0.29, 0.717) is 22.7 Å². The van der Waals surface area contributed by atoms with Gasteiger partial charge in [0.1, 0.15) is 0 Å². The van der Waals surface area contributed by atoms with Crippen molar-refractivity contribution >= 4 is 17.5 Å². The molecule has 0 aliphatic carbocycles. The number of amides is 2. The minimum absolute atomic E-state index is 0.0943. The van der Waals surface area contributed by atoms with Gasteiger partial charge in [-0.3, -0.25) is 9.59 Å². The average Bonchev–Trinajstić information content (AvgIpc) is 3.22. The van der Waals surface area contributed by atoms with E-state index >= 15 is 0 Å². The van der Waals surface area contributed by atoms with E-state index in [1.54, 1.807) is 42.5 Å². The molecular formula is C23H20N2O4. The third kappa shape index (κ3) is 4.55. The number of rotatable bonds is 6. The van der Waals surface area contributed by atoms with Gasteiger partial charge in [-0.15, -0.1) is 0 Å².